The normalized spacial score (nSPS) is 16.9. The number of halogens is 2. The van der Waals surface area contributed by atoms with Gasteiger partial charge in [0.05, 0.1) is 11.4 Å². The van der Waals surface area contributed by atoms with Crippen LogP contribution >= 0.6 is 0 Å². The van der Waals surface area contributed by atoms with E-state index in [0.29, 0.717) is 6.42 Å². The van der Waals surface area contributed by atoms with E-state index >= 15 is 0 Å². The summed E-state index contributed by atoms with van der Waals surface area (Å²) in [7, 11) is 0. The van der Waals surface area contributed by atoms with E-state index in [0.717, 1.165) is 11.6 Å². The highest BCUT2D eigenvalue weighted by Crippen LogP contribution is 2.31. The quantitative estimate of drug-likeness (QED) is 0.797. The molecular formula is C15H12F2N2O2. The lowest BCUT2D eigenvalue weighted by atomic mass is 10.0. The molecular weight excluding hydrogens is 278 g/mol. The van der Waals surface area contributed by atoms with E-state index in [2.05, 4.69) is 10.6 Å². The van der Waals surface area contributed by atoms with Crippen molar-refractivity contribution < 1.29 is 18.7 Å². The summed E-state index contributed by atoms with van der Waals surface area (Å²) in [6.07, 6.45) is 0.293. The van der Waals surface area contributed by atoms with Crippen LogP contribution in [0.5, 0.6) is 5.75 Å². The van der Waals surface area contributed by atoms with Crippen LogP contribution in [0, 0.1) is 11.6 Å². The van der Waals surface area contributed by atoms with Gasteiger partial charge in [-0.25, -0.2) is 8.78 Å². The molecule has 3 rings (SSSR count). The number of aromatic hydroxyl groups is 1. The van der Waals surface area contributed by atoms with E-state index in [4.69, 9.17) is 0 Å². The van der Waals surface area contributed by atoms with Crippen molar-refractivity contribution in [3.63, 3.8) is 0 Å². The molecule has 6 heteroatoms. The van der Waals surface area contributed by atoms with E-state index in [1.165, 1.54) is 18.2 Å². The Morgan fingerprint density at radius 1 is 1.10 bits per heavy atom. The maximum Gasteiger partial charge on any atom is 0.247 e. The molecule has 0 radical (unpaired) electrons. The number of hydrogen-bond donors (Lipinski definition) is 3. The minimum atomic E-state index is -1.01. The number of carbonyl (C=O) groups is 1. The molecule has 0 saturated heterocycles. The number of carbonyl (C=O) groups excluding carboxylic acids is 1. The fourth-order valence-electron chi connectivity index (χ4n) is 2.27. The Balaban J connectivity index is 1.86. The first-order chi connectivity index (χ1) is 10.0. The zero-order valence-corrected chi connectivity index (χ0v) is 10.9. The third-order valence-corrected chi connectivity index (χ3v) is 3.36. The Labute approximate surface area is 119 Å². The fourth-order valence-corrected chi connectivity index (χ4v) is 2.27. The molecule has 0 aliphatic carbocycles. The smallest absolute Gasteiger partial charge is 0.247 e. The molecule has 2 aromatic carbocycles. The lowest BCUT2D eigenvalue weighted by Crippen LogP contribution is -2.40. The topological polar surface area (TPSA) is 61.4 Å². The van der Waals surface area contributed by atoms with Crippen molar-refractivity contribution in [3.05, 3.63) is 53.6 Å². The second-order valence-corrected chi connectivity index (χ2v) is 4.84. The van der Waals surface area contributed by atoms with Gasteiger partial charge in [-0.1, -0.05) is 12.1 Å². The van der Waals surface area contributed by atoms with Crippen molar-refractivity contribution in [1.82, 2.24) is 0 Å². The van der Waals surface area contributed by atoms with Gasteiger partial charge in [-0.15, -0.1) is 0 Å². The predicted octanol–water partition coefficient (Wildman–Crippen LogP) is 2.65. The molecule has 1 aliphatic rings. The minimum Gasteiger partial charge on any atom is -0.508 e. The molecule has 3 N–H and O–H groups in total. The third-order valence-electron chi connectivity index (χ3n) is 3.36. The summed E-state index contributed by atoms with van der Waals surface area (Å²) in [5, 5.41) is 14.5. The van der Waals surface area contributed by atoms with Crippen LogP contribution in [0.15, 0.2) is 36.4 Å². The van der Waals surface area contributed by atoms with Crippen molar-refractivity contribution in [1.29, 1.82) is 0 Å². The number of phenols is 1. The molecule has 0 aromatic heterocycles. The molecule has 2 aromatic rings. The van der Waals surface area contributed by atoms with Gasteiger partial charge >= 0.3 is 0 Å². The molecule has 1 unspecified atom stereocenters. The van der Waals surface area contributed by atoms with E-state index < -0.39 is 17.7 Å². The molecule has 0 fully saturated rings. The molecule has 4 nitrogen and oxygen atoms in total. The lowest BCUT2D eigenvalue weighted by molar-refractivity contribution is -0.117. The highest BCUT2D eigenvalue weighted by molar-refractivity contribution is 6.03. The van der Waals surface area contributed by atoms with Gasteiger partial charge < -0.3 is 15.7 Å². The zero-order chi connectivity index (χ0) is 15.0. The first-order valence-electron chi connectivity index (χ1n) is 6.38. The van der Waals surface area contributed by atoms with E-state index in [1.807, 2.05) is 0 Å². The summed E-state index contributed by atoms with van der Waals surface area (Å²) in [6, 6.07) is 7.92. The number of anilines is 2. The molecule has 0 bridgehead atoms. The standard InChI is InChI=1S/C15H12F2N2O2/c16-10-5-6-11-14(13(10)17)18-12(15(21)19-11)7-8-1-3-9(20)4-2-8/h1-6,12,18,20H,7H2,(H,19,21). The number of fused-ring (bicyclic) bond motifs is 1. The van der Waals surface area contributed by atoms with Crippen LogP contribution in [-0.4, -0.2) is 17.1 Å². The van der Waals surface area contributed by atoms with Crippen molar-refractivity contribution in [2.75, 3.05) is 10.6 Å². The summed E-state index contributed by atoms with van der Waals surface area (Å²) in [6.45, 7) is 0. The Morgan fingerprint density at radius 2 is 1.81 bits per heavy atom. The average Bonchev–Trinajstić information content (AvgIpc) is 2.47. The highest BCUT2D eigenvalue weighted by atomic mass is 19.2. The molecule has 1 aliphatic heterocycles. The number of amides is 1. The fraction of sp³-hybridized carbons (Fsp3) is 0.133. The molecule has 1 heterocycles. The molecule has 108 valence electrons. The van der Waals surface area contributed by atoms with Crippen LogP contribution in [0.25, 0.3) is 0 Å². The van der Waals surface area contributed by atoms with E-state index in [1.54, 1.807) is 12.1 Å². The largest absolute Gasteiger partial charge is 0.508 e. The second-order valence-electron chi connectivity index (χ2n) is 4.84. The van der Waals surface area contributed by atoms with Crippen LogP contribution in [0.1, 0.15) is 5.56 Å². The predicted molar refractivity (Wildman–Crippen MR) is 74.2 cm³/mol. The molecule has 1 amide bonds. The SMILES string of the molecule is O=C1Nc2ccc(F)c(F)c2NC1Cc1ccc(O)cc1. The molecule has 0 spiro atoms. The molecule has 1 atom stereocenters. The van der Waals surface area contributed by atoms with Crippen LogP contribution in [0.4, 0.5) is 20.2 Å². The van der Waals surface area contributed by atoms with Gasteiger partial charge in [0.1, 0.15) is 11.8 Å². The monoisotopic (exact) mass is 290 g/mol. The highest BCUT2D eigenvalue weighted by Gasteiger charge is 2.28. The Kier molecular flexibility index (Phi) is 3.21. The lowest BCUT2D eigenvalue weighted by Gasteiger charge is -2.27. The molecule has 0 saturated carbocycles. The van der Waals surface area contributed by atoms with Gasteiger partial charge in [0, 0.05) is 6.42 Å². The van der Waals surface area contributed by atoms with Gasteiger partial charge in [-0.3, -0.25) is 4.79 Å². The molecule has 21 heavy (non-hydrogen) atoms. The Bertz CT molecular complexity index is 702. The first kappa shape index (κ1) is 13.4. The second kappa shape index (κ2) is 5.05. The number of phenolic OH excluding ortho intramolecular Hbond substituents is 1. The van der Waals surface area contributed by atoms with E-state index in [-0.39, 0.29) is 23.0 Å². The Hall–Kier alpha value is -2.63. The zero-order valence-electron chi connectivity index (χ0n) is 10.9. The van der Waals surface area contributed by atoms with E-state index in [9.17, 15) is 18.7 Å². The number of rotatable bonds is 2. The van der Waals surface area contributed by atoms with Crippen molar-refractivity contribution in [2.24, 2.45) is 0 Å². The van der Waals surface area contributed by atoms with Gasteiger partial charge in [0.15, 0.2) is 11.6 Å². The van der Waals surface area contributed by atoms with Gasteiger partial charge in [0.25, 0.3) is 0 Å². The minimum absolute atomic E-state index is 0.0432. The maximum absolute atomic E-state index is 13.8. The summed E-state index contributed by atoms with van der Waals surface area (Å²) in [4.78, 5) is 12.0. The number of nitrogens with one attached hydrogen (secondary N) is 2. The summed E-state index contributed by atoms with van der Waals surface area (Å²) in [5.74, 6) is -2.18. The summed E-state index contributed by atoms with van der Waals surface area (Å²) < 4.78 is 27.0. The number of hydrogen-bond acceptors (Lipinski definition) is 3. The maximum atomic E-state index is 13.8. The Morgan fingerprint density at radius 3 is 2.52 bits per heavy atom. The van der Waals surface area contributed by atoms with Crippen molar-refractivity contribution in [3.8, 4) is 5.75 Å². The average molecular weight is 290 g/mol. The first-order valence-corrected chi connectivity index (χ1v) is 6.38. The van der Waals surface area contributed by atoms with Gasteiger partial charge in [-0.05, 0) is 29.8 Å². The summed E-state index contributed by atoms with van der Waals surface area (Å²) in [5.41, 5.74) is 0.972. The van der Waals surface area contributed by atoms with Crippen molar-refractivity contribution >= 4 is 17.3 Å². The third kappa shape index (κ3) is 2.52. The number of benzene rings is 2. The van der Waals surface area contributed by atoms with Gasteiger partial charge in [0.2, 0.25) is 5.91 Å². The van der Waals surface area contributed by atoms with Crippen LogP contribution in [-0.2, 0) is 11.2 Å². The van der Waals surface area contributed by atoms with Crippen LogP contribution < -0.4 is 10.6 Å². The van der Waals surface area contributed by atoms with Crippen LogP contribution in [0.3, 0.4) is 0 Å². The van der Waals surface area contributed by atoms with Crippen LogP contribution in [0.2, 0.25) is 0 Å². The van der Waals surface area contributed by atoms with Gasteiger partial charge in [-0.2, -0.15) is 0 Å². The van der Waals surface area contributed by atoms with Crippen molar-refractivity contribution in [2.45, 2.75) is 12.5 Å². The summed E-state index contributed by atoms with van der Waals surface area (Å²) >= 11 is 0.